The molecule has 0 aliphatic carbocycles. The standard InChI is InChI=1S/C13H30N4O/c1-13(2,12-18)11-17-9-7-15-5-3-14-4-6-16-8-10-17/h14-16,18H,3-12H2,1-2H3. The number of aliphatic hydroxyl groups is 1. The fraction of sp³-hybridized carbons (Fsp3) is 1.00. The van der Waals surface area contributed by atoms with Crippen LogP contribution in [-0.2, 0) is 0 Å². The van der Waals surface area contributed by atoms with Crippen molar-refractivity contribution in [3.8, 4) is 0 Å². The van der Waals surface area contributed by atoms with Crippen molar-refractivity contribution in [2.24, 2.45) is 5.41 Å². The minimum Gasteiger partial charge on any atom is -0.396 e. The second-order valence-electron chi connectivity index (χ2n) is 5.85. The maximum absolute atomic E-state index is 9.37. The number of rotatable bonds is 3. The highest BCUT2D eigenvalue weighted by Gasteiger charge is 2.20. The first-order valence-corrected chi connectivity index (χ1v) is 7.09. The lowest BCUT2D eigenvalue weighted by Crippen LogP contribution is -2.45. The van der Waals surface area contributed by atoms with Gasteiger partial charge in [-0.2, -0.15) is 0 Å². The van der Waals surface area contributed by atoms with Crippen molar-refractivity contribution in [1.29, 1.82) is 0 Å². The third kappa shape index (κ3) is 7.28. The summed E-state index contributed by atoms with van der Waals surface area (Å²) in [6, 6.07) is 0. The molecule has 18 heavy (non-hydrogen) atoms. The molecular formula is C13H30N4O. The van der Waals surface area contributed by atoms with Gasteiger partial charge in [-0.25, -0.2) is 0 Å². The van der Waals surface area contributed by atoms with Crippen molar-refractivity contribution in [3.05, 3.63) is 0 Å². The predicted molar refractivity (Wildman–Crippen MR) is 75.9 cm³/mol. The molecule has 0 aromatic rings. The Kier molecular flexibility index (Phi) is 7.77. The Bertz CT molecular complexity index is 199. The third-order valence-electron chi connectivity index (χ3n) is 3.25. The van der Waals surface area contributed by atoms with Gasteiger partial charge in [0.2, 0.25) is 0 Å². The van der Waals surface area contributed by atoms with E-state index in [1.165, 1.54) is 0 Å². The molecule has 4 N–H and O–H groups in total. The highest BCUT2D eigenvalue weighted by Crippen LogP contribution is 2.15. The monoisotopic (exact) mass is 258 g/mol. The smallest absolute Gasteiger partial charge is 0.0494 e. The summed E-state index contributed by atoms with van der Waals surface area (Å²) in [7, 11) is 0. The summed E-state index contributed by atoms with van der Waals surface area (Å²) in [6.45, 7) is 13.7. The summed E-state index contributed by atoms with van der Waals surface area (Å²) < 4.78 is 0. The first-order valence-electron chi connectivity index (χ1n) is 7.09. The summed E-state index contributed by atoms with van der Waals surface area (Å²) in [4.78, 5) is 2.44. The maximum atomic E-state index is 9.37. The van der Waals surface area contributed by atoms with E-state index in [1.54, 1.807) is 0 Å². The highest BCUT2D eigenvalue weighted by atomic mass is 16.3. The van der Waals surface area contributed by atoms with Crippen molar-refractivity contribution >= 4 is 0 Å². The SMILES string of the molecule is CC(C)(CO)CN1CCNCCNCCNCC1. The number of hydrogen-bond donors (Lipinski definition) is 4. The zero-order valence-electron chi connectivity index (χ0n) is 12.0. The Labute approximate surface area is 111 Å². The molecule has 0 aromatic carbocycles. The third-order valence-corrected chi connectivity index (χ3v) is 3.25. The molecule has 0 atom stereocenters. The van der Waals surface area contributed by atoms with Gasteiger partial charge in [-0.05, 0) is 0 Å². The summed E-state index contributed by atoms with van der Waals surface area (Å²) in [5, 5.41) is 19.7. The van der Waals surface area contributed by atoms with E-state index in [-0.39, 0.29) is 12.0 Å². The molecule has 0 unspecified atom stereocenters. The summed E-state index contributed by atoms with van der Waals surface area (Å²) in [5.41, 5.74) is -0.0153. The van der Waals surface area contributed by atoms with Gasteiger partial charge in [-0.15, -0.1) is 0 Å². The normalized spacial score (nSPS) is 22.2. The van der Waals surface area contributed by atoms with Crippen LogP contribution in [0.1, 0.15) is 13.8 Å². The molecule has 1 rings (SSSR count). The molecule has 0 aromatic heterocycles. The molecule has 0 radical (unpaired) electrons. The molecule has 1 fully saturated rings. The van der Waals surface area contributed by atoms with E-state index in [1.807, 2.05) is 0 Å². The molecule has 108 valence electrons. The summed E-state index contributed by atoms with van der Waals surface area (Å²) in [6.07, 6.45) is 0. The fourth-order valence-corrected chi connectivity index (χ4v) is 2.13. The lowest BCUT2D eigenvalue weighted by molar-refractivity contribution is 0.103. The first kappa shape index (κ1) is 15.9. The Morgan fingerprint density at radius 2 is 1.33 bits per heavy atom. The topological polar surface area (TPSA) is 59.6 Å². The van der Waals surface area contributed by atoms with Crippen LogP contribution in [0.15, 0.2) is 0 Å². The second kappa shape index (κ2) is 8.82. The molecular weight excluding hydrogens is 228 g/mol. The van der Waals surface area contributed by atoms with Crippen LogP contribution in [0.25, 0.3) is 0 Å². The van der Waals surface area contributed by atoms with E-state index in [0.29, 0.717) is 0 Å². The zero-order chi connectivity index (χ0) is 13.3. The van der Waals surface area contributed by atoms with Crippen LogP contribution in [0.4, 0.5) is 0 Å². The van der Waals surface area contributed by atoms with E-state index in [9.17, 15) is 5.11 Å². The Morgan fingerprint density at radius 3 is 1.78 bits per heavy atom. The second-order valence-corrected chi connectivity index (χ2v) is 5.85. The van der Waals surface area contributed by atoms with Gasteiger partial charge < -0.3 is 26.0 Å². The van der Waals surface area contributed by atoms with E-state index in [2.05, 4.69) is 34.7 Å². The lowest BCUT2D eigenvalue weighted by atomic mass is 9.94. The minimum atomic E-state index is -0.0153. The van der Waals surface area contributed by atoms with Gasteiger partial charge in [-0.3, -0.25) is 0 Å². The summed E-state index contributed by atoms with van der Waals surface area (Å²) >= 11 is 0. The minimum absolute atomic E-state index is 0.0153. The van der Waals surface area contributed by atoms with Crippen LogP contribution in [-0.4, -0.2) is 75.5 Å². The average Bonchev–Trinajstić information content (AvgIpc) is 2.32. The van der Waals surface area contributed by atoms with Gasteiger partial charge in [0, 0.05) is 70.9 Å². The first-order chi connectivity index (χ1) is 8.64. The van der Waals surface area contributed by atoms with Crippen LogP contribution in [0.3, 0.4) is 0 Å². The van der Waals surface area contributed by atoms with E-state index in [0.717, 1.165) is 58.9 Å². The van der Waals surface area contributed by atoms with Crippen LogP contribution < -0.4 is 16.0 Å². The lowest BCUT2D eigenvalue weighted by Gasteiger charge is -2.31. The number of hydrogen-bond acceptors (Lipinski definition) is 5. The molecule has 5 nitrogen and oxygen atoms in total. The van der Waals surface area contributed by atoms with Crippen LogP contribution in [0.5, 0.6) is 0 Å². The molecule has 0 amide bonds. The molecule has 0 saturated carbocycles. The largest absolute Gasteiger partial charge is 0.396 e. The van der Waals surface area contributed by atoms with Crippen LogP contribution in [0, 0.1) is 5.41 Å². The van der Waals surface area contributed by atoms with Crippen LogP contribution in [0.2, 0.25) is 0 Å². The van der Waals surface area contributed by atoms with Gasteiger partial charge in [0.25, 0.3) is 0 Å². The van der Waals surface area contributed by atoms with Crippen molar-refractivity contribution in [1.82, 2.24) is 20.9 Å². The van der Waals surface area contributed by atoms with E-state index >= 15 is 0 Å². The Balaban J connectivity index is 2.36. The van der Waals surface area contributed by atoms with Crippen LogP contribution >= 0.6 is 0 Å². The van der Waals surface area contributed by atoms with Crippen molar-refractivity contribution in [3.63, 3.8) is 0 Å². The quantitative estimate of drug-likeness (QED) is 0.528. The Hall–Kier alpha value is -0.200. The summed E-state index contributed by atoms with van der Waals surface area (Å²) in [5.74, 6) is 0. The fourth-order valence-electron chi connectivity index (χ4n) is 2.13. The molecule has 1 aliphatic rings. The van der Waals surface area contributed by atoms with Gasteiger partial charge >= 0.3 is 0 Å². The van der Waals surface area contributed by atoms with Gasteiger partial charge in [0.1, 0.15) is 0 Å². The molecule has 1 saturated heterocycles. The number of aliphatic hydroxyl groups excluding tert-OH is 1. The zero-order valence-corrected chi connectivity index (χ0v) is 12.0. The van der Waals surface area contributed by atoms with E-state index in [4.69, 9.17) is 0 Å². The predicted octanol–water partition coefficient (Wildman–Crippen LogP) is -0.911. The maximum Gasteiger partial charge on any atom is 0.0494 e. The van der Waals surface area contributed by atoms with E-state index < -0.39 is 0 Å². The molecule has 1 aliphatic heterocycles. The van der Waals surface area contributed by atoms with Crippen molar-refractivity contribution in [2.75, 3.05) is 65.5 Å². The van der Waals surface area contributed by atoms with Gasteiger partial charge in [0.05, 0.1) is 0 Å². The Morgan fingerprint density at radius 1 is 0.889 bits per heavy atom. The van der Waals surface area contributed by atoms with Crippen molar-refractivity contribution in [2.45, 2.75) is 13.8 Å². The molecule has 5 heteroatoms. The number of nitrogens with one attached hydrogen (secondary N) is 3. The van der Waals surface area contributed by atoms with Crippen molar-refractivity contribution < 1.29 is 5.11 Å². The molecule has 0 bridgehead atoms. The molecule has 1 heterocycles. The number of nitrogens with zero attached hydrogens (tertiary/aromatic N) is 1. The average molecular weight is 258 g/mol. The highest BCUT2D eigenvalue weighted by molar-refractivity contribution is 4.74. The van der Waals surface area contributed by atoms with Gasteiger partial charge in [-0.1, -0.05) is 13.8 Å². The van der Waals surface area contributed by atoms with Gasteiger partial charge in [0.15, 0.2) is 0 Å². The molecule has 0 spiro atoms.